The number of hydrogen-bond acceptors (Lipinski definition) is 6. The highest BCUT2D eigenvalue weighted by molar-refractivity contribution is 6.01. The number of ether oxygens (including phenoxy) is 2. The fraction of sp³-hybridized carbons (Fsp3) is 0.257. The van der Waals surface area contributed by atoms with Crippen LogP contribution in [0.5, 0.6) is 5.75 Å². The molecule has 4 aromatic rings. The number of aliphatic hydroxyl groups excluding tert-OH is 1. The van der Waals surface area contributed by atoms with Gasteiger partial charge in [0.1, 0.15) is 5.75 Å². The Hall–Kier alpha value is -5.11. The van der Waals surface area contributed by atoms with E-state index in [-0.39, 0.29) is 25.0 Å². The second-order valence-corrected chi connectivity index (χ2v) is 11.0. The molecule has 0 spiro atoms. The third kappa shape index (κ3) is 6.29. The summed E-state index contributed by atoms with van der Waals surface area (Å²) in [6.07, 6.45) is 1.79. The van der Waals surface area contributed by atoms with Crippen molar-refractivity contribution in [1.29, 1.82) is 0 Å². The molecule has 1 aliphatic heterocycles. The first-order valence-corrected chi connectivity index (χ1v) is 14.8. The van der Waals surface area contributed by atoms with Crippen LogP contribution in [-0.2, 0) is 16.0 Å². The van der Waals surface area contributed by atoms with Crippen LogP contribution < -0.4 is 10.1 Å². The van der Waals surface area contributed by atoms with Crippen molar-refractivity contribution in [2.45, 2.75) is 43.4 Å². The summed E-state index contributed by atoms with van der Waals surface area (Å²) in [6.45, 7) is 0.466. The van der Waals surface area contributed by atoms with E-state index in [1.165, 1.54) is 0 Å². The molecule has 0 radical (unpaired) electrons. The lowest BCUT2D eigenvalue weighted by Gasteiger charge is -2.31. The van der Waals surface area contributed by atoms with Crippen LogP contribution in [0.4, 0.5) is 5.69 Å². The van der Waals surface area contributed by atoms with Crippen molar-refractivity contribution in [2.75, 3.05) is 13.2 Å². The first-order valence-electron chi connectivity index (χ1n) is 14.8. The molecule has 0 saturated heterocycles. The van der Waals surface area contributed by atoms with Gasteiger partial charge >= 0.3 is 0 Å². The lowest BCUT2D eigenvalue weighted by atomic mass is 9.81. The number of aliphatic imine (C=N–C) groups is 1. The summed E-state index contributed by atoms with van der Waals surface area (Å²) in [6, 6.07) is 32.8. The monoisotopic (exact) mass is 587 g/mol. The normalized spacial score (nSPS) is 18.9. The summed E-state index contributed by atoms with van der Waals surface area (Å²) in [5.41, 5.74) is 12.7. The van der Waals surface area contributed by atoms with Gasteiger partial charge in [0, 0.05) is 41.7 Å². The van der Waals surface area contributed by atoms with Crippen molar-refractivity contribution >= 4 is 17.5 Å². The van der Waals surface area contributed by atoms with Gasteiger partial charge in [-0.05, 0) is 64.9 Å². The number of carbonyl (C=O) groups is 1. The summed E-state index contributed by atoms with van der Waals surface area (Å²) >= 11 is 0. The molecule has 0 aromatic heterocycles. The van der Waals surface area contributed by atoms with Crippen LogP contribution >= 0.6 is 0 Å². The SMILES string of the molecule is [N-]=[N+]=Nc1ccccc1C[C@@]1(C(=O)NC2CC2)N=C(c2ccc(OCCCO)cc2)O[C@@H]1c1ccc(-c2ccccc2)cc1. The molecule has 1 fully saturated rings. The van der Waals surface area contributed by atoms with E-state index in [9.17, 15) is 10.3 Å². The summed E-state index contributed by atoms with van der Waals surface area (Å²) in [4.78, 5) is 22.4. The minimum atomic E-state index is -1.37. The lowest BCUT2D eigenvalue weighted by Crippen LogP contribution is -2.50. The molecule has 9 heteroatoms. The predicted octanol–water partition coefficient (Wildman–Crippen LogP) is 6.83. The van der Waals surface area contributed by atoms with Gasteiger partial charge in [0.2, 0.25) is 5.90 Å². The molecule has 9 nitrogen and oxygen atoms in total. The molecule has 44 heavy (non-hydrogen) atoms. The second-order valence-electron chi connectivity index (χ2n) is 11.0. The van der Waals surface area contributed by atoms with Crippen molar-refractivity contribution in [2.24, 2.45) is 10.1 Å². The standard InChI is InChI=1S/C35H33N5O4/c36-40-39-31-10-5-4-9-28(31)23-35(34(42)37-29-17-18-29)32(26-13-11-25(12-14-26)24-7-2-1-3-8-24)44-33(38-35)27-15-19-30(20-16-27)43-22-6-21-41/h1-5,7-16,19-20,29,32,41H,6,17-18,21-23H2,(H,37,42)/t32-,35-/m1/s1. The molecule has 4 aromatic carbocycles. The van der Waals surface area contributed by atoms with Gasteiger partial charge < -0.3 is 19.9 Å². The highest BCUT2D eigenvalue weighted by Crippen LogP contribution is 2.44. The average Bonchev–Trinajstić information content (AvgIpc) is 3.80. The Morgan fingerprint density at radius 3 is 2.34 bits per heavy atom. The zero-order chi connectivity index (χ0) is 30.4. The molecule has 1 amide bonds. The zero-order valence-corrected chi connectivity index (χ0v) is 24.2. The number of aliphatic hydroxyl groups is 1. The maximum Gasteiger partial charge on any atom is 0.252 e. The number of amides is 1. The highest BCUT2D eigenvalue weighted by atomic mass is 16.5. The summed E-state index contributed by atoms with van der Waals surface area (Å²) < 4.78 is 12.3. The van der Waals surface area contributed by atoms with Crippen LogP contribution in [-0.4, -0.2) is 41.7 Å². The van der Waals surface area contributed by atoms with Crippen LogP contribution in [0.1, 0.15) is 42.1 Å². The number of nitrogens with zero attached hydrogens (tertiary/aromatic N) is 4. The van der Waals surface area contributed by atoms with Gasteiger partial charge in [0.25, 0.3) is 5.91 Å². The van der Waals surface area contributed by atoms with E-state index < -0.39 is 11.6 Å². The number of carbonyl (C=O) groups excluding carboxylic acids is 1. The molecule has 2 atom stereocenters. The largest absolute Gasteiger partial charge is 0.494 e. The summed E-state index contributed by atoms with van der Waals surface area (Å²) in [5.74, 6) is 0.776. The number of nitrogens with one attached hydrogen (secondary N) is 1. The maximum absolute atomic E-state index is 14.3. The molecular formula is C35H33N5O4. The van der Waals surface area contributed by atoms with Gasteiger partial charge in [0.15, 0.2) is 11.6 Å². The van der Waals surface area contributed by atoms with E-state index in [0.717, 1.165) is 29.5 Å². The third-order valence-corrected chi connectivity index (χ3v) is 7.87. The predicted molar refractivity (Wildman–Crippen MR) is 169 cm³/mol. The average molecular weight is 588 g/mol. The third-order valence-electron chi connectivity index (χ3n) is 7.87. The molecule has 0 bridgehead atoms. The van der Waals surface area contributed by atoms with E-state index in [1.54, 1.807) is 12.1 Å². The van der Waals surface area contributed by atoms with Gasteiger partial charge in [-0.1, -0.05) is 84.0 Å². The number of rotatable bonds is 12. The molecule has 1 heterocycles. The van der Waals surface area contributed by atoms with Gasteiger partial charge in [-0.3, -0.25) is 4.79 Å². The Morgan fingerprint density at radius 1 is 0.955 bits per heavy atom. The molecule has 6 rings (SSSR count). The Kier molecular flexibility index (Phi) is 8.59. The molecule has 1 aliphatic carbocycles. The highest BCUT2D eigenvalue weighted by Gasteiger charge is 2.54. The summed E-state index contributed by atoms with van der Waals surface area (Å²) in [5, 5.41) is 16.1. The quantitative estimate of drug-likeness (QED) is 0.0814. The fourth-order valence-corrected chi connectivity index (χ4v) is 5.40. The Morgan fingerprint density at radius 2 is 1.64 bits per heavy atom. The minimum Gasteiger partial charge on any atom is -0.494 e. The molecule has 2 N–H and O–H groups in total. The molecule has 1 saturated carbocycles. The lowest BCUT2D eigenvalue weighted by molar-refractivity contribution is -0.129. The van der Waals surface area contributed by atoms with E-state index in [4.69, 9.17) is 19.6 Å². The Labute approximate surface area is 255 Å². The van der Waals surface area contributed by atoms with E-state index in [1.807, 2.05) is 78.9 Å². The van der Waals surface area contributed by atoms with Crippen LogP contribution in [0, 0.1) is 0 Å². The zero-order valence-electron chi connectivity index (χ0n) is 24.2. The smallest absolute Gasteiger partial charge is 0.252 e. The van der Waals surface area contributed by atoms with Gasteiger partial charge in [-0.15, -0.1) is 0 Å². The second kappa shape index (κ2) is 13.0. The van der Waals surface area contributed by atoms with Crippen LogP contribution in [0.2, 0.25) is 0 Å². The van der Waals surface area contributed by atoms with E-state index in [2.05, 4.69) is 27.5 Å². The van der Waals surface area contributed by atoms with Gasteiger partial charge in [-0.25, -0.2) is 4.99 Å². The van der Waals surface area contributed by atoms with Crippen LogP contribution in [0.25, 0.3) is 21.6 Å². The topological polar surface area (TPSA) is 129 Å². The van der Waals surface area contributed by atoms with E-state index >= 15 is 0 Å². The van der Waals surface area contributed by atoms with E-state index in [0.29, 0.717) is 41.5 Å². The fourth-order valence-electron chi connectivity index (χ4n) is 5.40. The molecule has 222 valence electrons. The molecule has 2 aliphatic rings. The van der Waals surface area contributed by atoms with Crippen LogP contribution in [0.15, 0.2) is 113 Å². The Bertz CT molecular complexity index is 1680. The molecule has 0 unspecified atom stereocenters. The number of benzene rings is 4. The maximum atomic E-state index is 14.3. The van der Waals surface area contributed by atoms with Gasteiger partial charge in [-0.2, -0.15) is 0 Å². The van der Waals surface area contributed by atoms with Gasteiger partial charge in [0.05, 0.1) is 6.61 Å². The van der Waals surface area contributed by atoms with Crippen molar-refractivity contribution in [3.63, 3.8) is 0 Å². The van der Waals surface area contributed by atoms with Crippen molar-refractivity contribution < 1.29 is 19.4 Å². The van der Waals surface area contributed by atoms with Crippen molar-refractivity contribution in [3.05, 3.63) is 130 Å². The van der Waals surface area contributed by atoms with Crippen molar-refractivity contribution in [1.82, 2.24) is 5.32 Å². The molecular weight excluding hydrogens is 554 g/mol. The Balaban J connectivity index is 1.42. The van der Waals surface area contributed by atoms with Crippen molar-refractivity contribution in [3.8, 4) is 16.9 Å². The number of hydrogen-bond donors (Lipinski definition) is 2. The summed E-state index contributed by atoms with van der Waals surface area (Å²) in [7, 11) is 0. The minimum absolute atomic E-state index is 0.0598. The van der Waals surface area contributed by atoms with Crippen LogP contribution in [0.3, 0.4) is 0 Å². The number of azide groups is 1. The first-order chi connectivity index (χ1) is 21.6. The first kappa shape index (κ1) is 29.0.